The highest BCUT2D eigenvalue weighted by atomic mass is 19.4. The van der Waals surface area contributed by atoms with Crippen molar-refractivity contribution in [1.82, 2.24) is 30.2 Å². The Hall–Kier alpha value is -2.36. The van der Waals surface area contributed by atoms with Crippen LogP contribution in [-0.4, -0.2) is 43.9 Å². The lowest BCUT2D eigenvalue weighted by molar-refractivity contribution is -0.141. The molecule has 0 radical (unpaired) electrons. The summed E-state index contributed by atoms with van der Waals surface area (Å²) in [5.74, 6) is -0.0946. The quantitative estimate of drug-likeness (QED) is 0.844. The number of carbonyl (C=O) groups is 1. The summed E-state index contributed by atoms with van der Waals surface area (Å²) in [5, 5.41) is 12.2. The molecule has 1 aliphatic rings. The second-order valence-electron chi connectivity index (χ2n) is 6.83. The molecular formula is C16H21F3N6O. The van der Waals surface area contributed by atoms with Gasteiger partial charge < -0.3 is 5.32 Å². The van der Waals surface area contributed by atoms with E-state index in [0.717, 1.165) is 31.9 Å². The van der Waals surface area contributed by atoms with E-state index >= 15 is 0 Å². The molecule has 0 saturated carbocycles. The van der Waals surface area contributed by atoms with Crippen LogP contribution in [0.2, 0.25) is 0 Å². The van der Waals surface area contributed by atoms with Crippen molar-refractivity contribution in [3.8, 4) is 0 Å². The monoisotopic (exact) mass is 370 g/mol. The summed E-state index contributed by atoms with van der Waals surface area (Å²) in [6, 6.07) is 2.61. The number of H-pyrrole nitrogens is 1. The number of nitrogens with one attached hydrogen (secondary N) is 2. The third-order valence-electron chi connectivity index (χ3n) is 4.10. The SMILES string of the molecule is CC(C)CN1CCn2nc(CNC(=O)c3cc(C(F)(F)F)[nH]n3)cc2C1. The maximum absolute atomic E-state index is 12.5. The van der Waals surface area contributed by atoms with Crippen LogP contribution in [0.25, 0.3) is 0 Å². The Morgan fingerprint density at radius 2 is 2.12 bits per heavy atom. The highest BCUT2D eigenvalue weighted by Crippen LogP contribution is 2.27. The molecule has 0 spiro atoms. The zero-order valence-electron chi connectivity index (χ0n) is 14.6. The van der Waals surface area contributed by atoms with E-state index in [0.29, 0.717) is 17.7 Å². The molecule has 142 valence electrons. The third-order valence-corrected chi connectivity index (χ3v) is 4.10. The van der Waals surface area contributed by atoms with Gasteiger partial charge in [-0.05, 0) is 12.0 Å². The van der Waals surface area contributed by atoms with Crippen LogP contribution in [0.15, 0.2) is 12.1 Å². The zero-order valence-corrected chi connectivity index (χ0v) is 14.6. The van der Waals surface area contributed by atoms with Crippen LogP contribution in [0.3, 0.4) is 0 Å². The summed E-state index contributed by atoms with van der Waals surface area (Å²) < 4.78 is 39.5. The van der Waals surface area contributed by atoms with Gasteiger partial charge in [0.1, 0.15) is 5.69 Å². The Balaban J connectivity index is 1.58. The Labute approximate surface area is 148 Å². The molecule has 0 aromatic carbocycles. The molecule has 10 heteroatoms. The molecule has 1 amide bonds. The van der Waals surface area contributed by atoms with Gasteiger partial charge in [-0.25, -0.2) is 0 Å². The summed E-state index contributed by atoms with van der Waals surface area (Å²) in [7, 11) is 0. The molecule has 3 rings (SSSR count). The van der Waals surface area contributed by atoms with E-state index in [1.54, 1.807) is 0 Å². The standard InChI is InChI=1S/C16H21F3N6O/c1-10(2)8-24-3-4-25-12(9-24)5-11(23-25)7-20-15(26)13-6-14(22-21-13)16(17,18)19/h5-6,10H,3-4,7-9H2,1-2H3,(H,20,26)(H,21,22). The van der Waals surface area contributed by atoms with Gasteiger partial charge in [-0.15, -0.1) is 0 Å². The number of fused-ring (bicyclic) bond motifs is 1. The number of rotatable bonds is 5. The van der Waals surface area contributed by atoms with E-state index in [9.17, 15) is 18.0 Å². The third kappa shape index (κ3) is 4.24. The topological polar surface area (TPSA) is 78.8 Å². The van der Waals surface area contributed by atoms with E-state index in [1.165, 1.54) is 0 Å². The molecular weight excluding hydrogens is 349 g/mol. The molecule has 2 aromatic rings. The average molecular weight is 370 g/mol. The van der Waals surface area contributed by atoms with Crippen molar-refractivity contribution in [1.29, 1.82) is 0 Å². The minimum atomic E-state index is -4.56. The van der Waals surface area contributed by atoms with Gasteiger partial charge in [0.15, 0.2) is 5.69 Å². The lowest BCUT2D eigenvalue weighted by Crippen LogP contribution is -2.36. The van der Waals surface area contributed by atoms with Crippen LogP contribution in [0.5, 0.6) is 0 Å². The first-order valence-corrected chi connectivity index (χ1v) is 8.41. The number of amides is 1. The lowest BCUT2D eigenvalue weighted by Gasteiger charge is -2.28. The van der Waals surface area contributed by atoms with Crippen molar-refractivity contribution in [3.05, 3.63) is 34.9 Å². The first-order valence-electron chi connectivity index (χ1n) is 8.41. The van der Waals surface area contributed by atoms with E-state index < -0.39 is 17.8 Å². The fourth-order valence-electron chi connectivity index (χ4n) is 2.98. The normalized spacial score (nSPS) is 15.3. The van der Waals surface area contributed by atoms with Crippen molar-refractivity contribution in [3.63, 3.8) is 0 Å². The molecule has 7 nitrogen and oxygen atoms in total. The molecule has 2 aromatic heterocycles. The molecule has 0 unspecified atom stereocenters. The number of halogens is 3. The maximum Gasteiger partial charge on any atom is 0.432 e. The number of aromatic amines is 1. The number of alkyl halides is 3. The fourth-order valence-corrected chi connectivity index (χ4v) is 2.98. The Kier molecular flexibility index (Phi) is 5.03. The molecule has 26 heavy (non-hydrogen) atoms. The molecule has 1 aliphatic heterocycles. The molecule has 0 bridgehead atoms. The Bertz CT molecular complexity index is 779. The summed E-state index contributed by atoms with van der Waals surface area (Å²) in [5.41, 5.74) is 0.390. The number of aromatic nitrogens is 4. The first-order chi connectivity index (χ1) is 12.2. The second-order valence-corrected chi connectivity index (χ2v) is 6.83. The predicted octanol–water partition coefficient (Wildman–Crippen LogP) is 2.03. The predicted molar refractivity (Wildman–Crippen MR) is 87.1 cm³/mol. The largest absolute Gasteiger partial charge is 0.432 e. The second kappa shape index (κ2) is 7.10. The summed E-state index contributed by atoms with van der Waals surface area (Å²) in [6.45, 7) is 8.00. The lowest BCUT2D eigenvalue weighted by atomic mass is 10.2. The maximum atomic E-state index is 12.5. The summed E-state index contributed by atoms with van der Waals surface area (Å²) in [6.07, 6.45) is -4.56. The fraction of sp³-hybridized carbons (Fsp3) is 0.562. The minimum Gasteiger partial charge on any atom is -0.345 e. The molecule has 0 atom stereocenters. The van der Waals surface area contributed by atoms with Crippen molar-refractivity contribution in [2.45, 2.75) is 39.7 Å². The van der Waals surface area contributed by atoms with Crippen LogP contribution >= 0.6 is 0 Å². The van der Waals surface area contributed by atoms with Crippen LogP contribution in [0, 0.1) is 5.92 Å². The Morgan fingerprint density at radius 3 is 2.77 bits per heavy atom. The van der Waals surface area contributed by atoms with Crippen molar-refractivity contribution in [2.75, 3.05) is 13.1 Å². The van der Waals surface area contributed by atoms with Crippen molar-refractivity contribution >= 4 is 5.91 Å². The Morgan fingerprint density at radius 1 is 1.35 bits per heavy atom. The van der Waals surface area contributed by atoms with Crippen molar-refractivity contribution in [2.24, 2.45) is 5.92 Å². The summed E-state index contributed by atoms with van der Waals surface area (Å²) in [4.78, 5) is 14.3. The van der Waals surface area contributed by atoms with Gasteiger partial charge >= 0.3 is 6.18 Å². The van der Waals surface area contributed by atoms with Gasteiger partial charge in [0.05, 0.1) is 24.5 Å². The number of hydrogen-bond acceptors (Lipinski definition) is 4. The van der Waals surface area contributed by atoms with Crippen molar-refractivity contribution < 1.29 is 18.0 Å². The van der Waals surface area contributed by atoms with Gasteiger partial charge in [-0.3, -0.25) is 19.5 Å². The average Bonchev–Trinajstić information content (AvgIpc) is 3.18. The highest BCUT2D eigenvalue weighted by molar-refractivity contribution is 5.92. The van der Waals surface area contributed by atoms with Crippen LogP contribution in [-0.2, 0) is 25.8 Å². The molecule has 0 saturated heterocycles. The van der Waals surface area contributed by atoms with E-state index in [-0.39, 0.29) is 12.2 Å². The van der Waals surface area contributed by atoms with Crippen LogP contribution < -0.4 is 5.32 Å². The highest BCUT2D eigenvalue weighted by Gasteiger charge is 2.33. The smallest absolute Gasteiger partial charge is 0.345 e. The van der Waals surface area contributed by atoms with Gasteiger partial charge in [0.25, 0.3) is 5.91 Å². The van der Waals surface area contributed by atoms with Gasteiger partial charge in [0, 0.05) is 25.7 Å². The van der Waals surface area contributed by atoms with E-state index in [1.807, 2.05) is 15.8 Å². The number of carbonyl (C=O) groups excluding carboxylic acids is 1. The molecule has 0 fully saturated rings. The number of nitrogens with zero attached hydrogens (tertiary/aromatic N) is 4. The van der Waals surface area contributed by atoms with Crippen LogP contribution in [0.1, 0.15) is 41.4 Å². The van der Waals surface area contributed by atoms with Gasteiger partial charge in [-0.2, -0.15) is 23.4 Å². The van der Waals surface area contributed by atoms with E-state index in [2.05, 4.69) is 34.3 Å². The van der Waals surface area contributed by atoms with Gasteiger partial charge in [0.2, 0.25) is 0 Å². The first kappa shape index (κ1) is 18.4. The van der Waals surface area contributed by atoms with Crippen LogP contribution in [0.4, 0.5) is 13.2 Å². The van der Waals surface area contributed by atoms with E-state index in [4.69, 9.17) is 0 Å². The molecule has 2 N–H and O–H groups in total. The summed E-state index contributed by atoms with van der Waals surface area (Å²) >= 11 is 0. The molecule has 0 aliphatic carbocycles. The van der Waals surface area contributed by atoms with Gasteiger partial charge in [-0.1, -0.05) is 13.8 Å². The minimum absolute atomic E-state index is 0.136. The molecule has 3 heterocycles. The number of hydrogen-bond donors (Lipinski definition) is 2. The zero-order chi connectivity index (χ0) is 18.9.